The number of aromatic hydroxyl groups is 1. The molecule has 3 aromatic rings. The minimum Gasteiger partial charge on any atom is -0.507 e. The molecule has 0 saturated carbocycles. The van der Waals surface area contributed by atoms with E-state index >= 15 is 0 Å². The Morgan fingerprint density at radius 2 is 1.86 bits per heavy atom. The number of carbonyl (C=O) groups is 1. The lowest BCUT2D eigenvalue weighted by Gasteiger charge is -2.08. The highest BCUT2D eigenvalue weighted by Gasteiger charge is 2.14. The summed E-state index contributed by atoms with van der Waals surface area (Å²) in [5.41, 5.74) is 1.64. The third-order valence-electron chi connectivity index (χ3n) is 3.18. The van der Waals surface area contributed by atoms with Crippen LogP contribution in [0.3, 0.4) is 0 Å². The van der Waals surface area contributed by atoms with Crippen molar-refractivity contribution < 1.29 is 15.0 Å². The van der Waals surface area contributed by atoms with Gasteiger partial charge in [0.2, 0.25) is 0 Å². The molecule has 0 bridgehead atoms. The summed E-state index contributed by atoms with van der Waals surface area (Å²) in [4.78, 5) is 15.9. The highest BCUT2D eigenvalue weighted by Crippen LogP contribution is 2.31. The Balaban J connectivity index is 2.35. The predicted octanol–water partition coefficient (Wildman–Crippen LogP) is 4.07. The van der Waals surface area contributed by atoms with Crippen molar-refractivity contribution in [1.82, 2.24) is 4.98 Å². The normalized spacial score (nSPS) is 10.7. The van der Waals surface area contributed by atoms with Crippen molar-refractivity contribution >= 4 is 32.8 Å². The number of fused-ring (bicyclic) bond motifs is 1. The smallest absolute Gasteiger partial charge is 0.336 e. The average molecular weight is 344 g/mol. The molecule has 0 unspecified atom stereocenters. The Morgan fingerprint density at radius 1 is 1.10 bits per heavy atom. The third-order valence-corrected chi connectivity index (χ3v) is 3.68. The van der Waals surface area contributed by atoms with Crippen LogP contribution in [0.1, 0.15) is 10.4 Å². The number of nitrogens with zero attached hydrogens (tertiary/aromatic N) is 1. The number of hydrogen-bond acceptors (Lipinski definition) is 3. The van der Waals surface area contributed by atoms with Crippen LogP contribution in [0.15, 0.2) is 53.0 Å². The maximum absolute atomic E-state index is 11.5. The summed E-state index contributed by atoms with van der Waals surface area (Å²) in [6.07, 6.45) is 0. The lowest BCUT2D eigenvalue weighted by atomic mass is 10.0. The number of phenols is 1. The number of phenolic OH excluding ortho intramolecular Hbond substituents is 1. The quantitative estimate of drug-likeness (QED) is 0.735. The Morgan fingerprint density at radius 3 is 2.57 bits per heavy atom. The molecule has 0 amide bonds. The number of pyridine rings is 1. The number of halogens is 1. The van der Waals surface area contributed by atoms with Crippen LogP contribution >= 0.6 is 15.9 Å². The summed E-state index contributed by atoms with van der Waals surface area (Å²) in [6.45, 7) is 0. The van der Waals surface area contributed by atoms with Crippen molar-refractivity contribution in [3.05, 3.63) is 58.6 Å². The van der Waals surface area contributed by atoms with Gasteiger partial charge in [0.15, 0.2) is 0 Å². The summed E-state index contributed by atoms with van der Waals surface area (Å²) in [5.74, 6) is -0.961. The fourth-order valence-electron chi connectivity index (χ4n) is 2.21. The van der Waals surface area contributed by atoms with Gasteiger partial charge in [-0.15, -0.1) is 0 Å². The highest BCUT2D eigenvalue weighted by molar-refractivity contribution is 9.10. The molecule has 2 aromatic carbocycles. The van der Waals surface area contributed by atoms with E-state index in [1.807, 2.05) is 0 Å². The fraction of sp³-hybridized carbons (Fsp3) is 0. The zero-order valence-electron chi connectivity index (χ0n) is 10.7. The van der Waals surface area contributed by atoms with Gasteiger partial charge in [0, 0.05) is 15.4 Å². The van der Waals surface area contributed by atoms with Crippen LogP contribution in [0.2, 0.25) is 0 Å². The van der Waals surface area contributed by atoms with Crippen molar-refractivity contribution in [3.63, 3.8) is 0 Å². The minimum atomic E-state index is -1.03. The summed E-state index contributed by atoms with van der Waals surface area (Å²) in [7, 11) is 0. The molecule has 0 saturated heterocycles. The monoisotopic (exact) mass is 343 g/mol. The second kappa shape index (κ2) is 5.18. The maximum Gasteiger partial charge on any atom is 0.336 e. The Kier molecular flexibility index (Phi) is 3.35. The minimum absolute atomic E-state index is 0.0654. The van der Waals surface area contributed by atoms with Gasteiger partial charge in [0.05, 0.1) is 16.8 Å². The van der Waals surface area contributed by atoms with E-state index in [2.05, 4.69) is 20.9 Å². The average Bonchev–Trinajstić information content (AvgIpc) is 2.46. The Bertz CT molecular complexity index is 861. The molecule has 104 valence electrons. The summed E-state index contributed by atoms with van der Waals surface area (Å²) in [6, 6.07) is 13.4. The van der Waals surface area contributed by atoms with Crippen LogP contribution in [0.4, 0.5) is 0 Å². The van der Waals surface area contributed by atoms with E-state index < -0.39 is 5.97 Å². The Labute approximate surface area is 128 Å². The largest absolute Gasteiger partial charge is 0.507 e. The highest BCUT2D eigenvalue weighted by atomic mass is 79.9. The second-order valence-electron chi connectivity index (χ2n) is 4.54. The van der Waals surface area contributed by atoms with E-state index in [1.54, 1.807) is 42.5 Å². The molecule has 1 aromatic heterocycles. The van der Waals surface area contributed by atoms with Crippen molar-refractivity contribution in [3.8, 4) is 17.0 Å². The molecule has 3 rings (SSSR count). The topological polar surface area (TPSA) is 70.4 Å². The number of carboxylic acid groups (broad SMARTS) is 1. The first-order valence-corrected chi connectivity index (χ1v) is 6.97. The van der Waals surface area contributed by atoms with Gasteiger partial charge in [0.25, 0.3) is 0 Å². The molecule has 0 radical (unpaired) electrons. The van der Waals surface area contributed by atoms with E-state index in [-0.39, 0.29) is 11.3 Å². The Hall–Kier alpha value is -2.40. The molecule has 0 spiro atoms. The second-order valence-corrected chi connectivity index (χ2v) is 5.45. The van der Waals surface area contributed by atoms with Crippen molar-refractivity contribution in [2.24, 2.45) is 0 Å². The number of benzene rings is 2. The summed E-state index contributed by atoms with van der Waals surface area (Å²) < 4.78 is 0.813. The lowest BCUT2D eigenvalue weighted by Crippen LogP contribution is -2.00. The third kappa shape index (κ3) is 2.48. The van der Waals surface area contributed by atoms with E-state index in [0.717, 1.165) is 4.47 Å². The molecule has 0 fully saturated rings. The molecule has 0 aliphatic heterocycles. The van der Waals surface area contributed by atoms with Gasteiger partial charge in [-0.2, -0.15) is 0 Å². The molecule has 21 heavy (non-hydrogen) atoms. The molecular formula is C16H10BrNO3. The van der Waals surface area contributed by atoms with Gasteiger partial charge >= 0.3 is 5.97 Å². The first kappa shape index (κ1) is 13.6. The van der Waals surface area contributed by atoms with Gasteiger partial charge in [-0.3, -0.25) is 0 Å². The number of para-hydroxylation sites is 1. The van der Waals surface area contributed by atoms with Gasteiger partial charge in [0.1, 0.15) is 5.75 Å². The predicted molar refractivity (Wildman–Crippen MR) is 83.5 cm³/mol. The molecule has 0 aliphatic carbocycles. The van der Waals surface area contributed by atoms with Crippen LogP contribution in [0.5, 0.6) is 5.75 Å². The summed E-state index contributed by atoms with van der Waals surface area (Å²) >= 11 is 3.35. The maximum atomic E-state index is 11.5. The van der Waals surface area contributed by atoms with Gasteiger partial charge in [-0.05, 0) is 30.3 Å². The van der Waals surface area contributed by atoms with E-state index in [4.69, 9.17) is 0 Å². The van der Waals surface area contributed by atoms with Crippen LogP contribution < -0.4 is 0 Å². The van der Waals surface area contributed by atoms with Crippen LogP contribution in [0, 0.1) is 0 Å². The van der Waals surface area contributed by atoms with E-state index in [0.29, 0.717) is 22.2 Å². The van der Waals surface area contributed by atoms with Gasteiger partial charge in [-0.1, -0.05) is 34.1 Å². The van der Waals surface area contributed by atoms with Crippen molar-refractivity contribution in [1.29, 1.82) is 0 Å². The molecule has 5 heteroatoms. The SMILES string of the molecule is O=C(O)c1cc(-c2ccccc2O)nc2cc(Br)ccc12. The molecule has 0 atom stereocenters. The van der Waals surface area contributed by atoms with Gasteiger partial charge < -0.3 is 10.2 Å². The van der Waals surface area contributed by atoms with Crippen LogP contribution in [-0.2, 0) is 0 Å². The number of carboxylic acids is 1. The molecule has 0 aliphatic rings. The number of rotatable bonds is 2. The van der Waals surface area contributed by atoms with Crippen molar-refractivity contribution in [2.75, 3.05) is 0 Å². The first-order valence-electron chi connectivity index (χ1n) is 6.18. The fourth-order valence-corrected chi connectivity index (χ4v) is 2.56. The van der Waals surface area contributed by atoms with Crippen LogP contribution in [0.25, 0.3) is 22.2 Å². The van der Waals surface area contributed by atoms with E-state index in [1.165, 1.54) is 6.07 Å². The summed E-state index contributed by atoms with van der Waals surface area (Å²) in [5, 5.41) is 19.9. The molecule has 2 N–H and O–H groups in total. The standard InChI is InChI=1S/C16H10BrNO3/c17-9-5-6-10-12(16(20)21)8-14(18-13(10)7-9)11-3-1-2-4-15(11)19/h1-8,19H,(H,20,21). The first-order chi connectivity index (χ1) is 10.1. The van der Waals surface area contributed by atoms with Crippen molar-refractivity contribution in [2.45, 2.75) is 0 Å². The molecular weight excluding hydrogens is 334 g/mol. The number of aromatic carboxylic acids is 1. The zero-order chi connectivity index (χ0) is 15.0. The zero-order valence-corrected chi connectivity index (χ0v) is 12.3. The number of aromatic nitrogens is 1. The number of hydrogen-bond donors (Lipinski definition) is 2. The molecule has 4 nitrogen and oxygen atoms in total. The van der Waals surface area contributed by atoms with E-state index in [9.17, 15) is 15.0 Å². The van der Waals surface area contributed by atoms with Gasteiger partial charge in [-0.25, -0.2) is 9.78 Å². The lowest BCUT2D eigenvalue weighted by molar-refractivity contribution is 0.0699. The van der Waals surface area contributed by atoms with Crippen LogP contribution in [-0.4, -0.2) is 21.2 Å². The molecule has 1 heterocycles.